The van der Waals surface area contributed by atoms with Crippen molar-refractivity contribution in [1.29, 1.82) is 0 Å². The Labute approximate surface area is 84.5 Å². The van der Waals surface area contributed by atoms with Crippen LogP contribution in [-0.4, -0.2) is 12.7 Å². The molecule has 74 valence electrons. The van der Waals surface area contributed by atoms with E-state index in [9.17, 15) is 0 Å². The Morgan fingerprint density at radius 1 is 1.43 bits per heavy atom. The van der Waals surface area contributed by atoms with Crippen LogP contribution in [0.25, 0.3) is 0 Å². The zero-order valence-corrected chi connectivity index (χ0v) is 8.41. The van der Waals surface area contributed by atoms with E-state index in [1.165, 1.54) is 19.3 Å². The number of rotatable bonds is 0. The molecule has 5 rings (SSSR count). The van der Waals surface area contributed by atoms with Gasteiger partial charge in [-0.3, -0.25) is 0 Å². The standard InChI is InChI=1S/C13H16O/c1-6-9-10-11-8-5-7(13(6,8)11)3-2-4-14-12(9)10/h7-12H,1-5H2. The van der Waals surface area contributed by atoms with Gasteiger partial charge in [0.2, 0.25) is 0 Å². The Bertz CT molecular complexity index is 360. The SMILES string of the molecule is C=C1C2C3OCCCC4CC5C(C32)C145. The molecule has 0 radical (unpaired) electrons. The van der Waals surface area contributed by atoms with Crippen LogP contribution in [0.15, 0.2) is 12.2 Å². The van der Waals surface area contributed by atoms with Crippen LogP contribution in [0.1, 0.15) is 19.3 Å². The van der Waals surface area contributed by atoms with Crippen molar-refractivity contribution in [3.8, 4) is 0 Å². The summed E-state index contributed by atoms with van der Waals surface area (Å²) in [5, 5.41) is 0. The van der Waals surface area contributed by atoms with Crippen molar-refractivity contribution >= 4 is 0 Å². The molecule has 1 saturated heterocycles. The van der Waals surface area contributed by atoms with Crippen molar-refractivity contribution < 1.29 is 4.74 Å². The molecule has 0 amide bonds. The van der Waals surface area contributed by atoms with E-state index in [0.29, 0.717) is 11.5 Å². The van der Waals surface area contributed by atoms with Gasteiger partial charge in [-0.2, -0.15) is 0 Å². The van der Waals surface area contributed by atoms with Gasteiger partial charge in [0.05, 0.1) is 6.10 Å². The van der Waals surface area contributed by atoms with Gasteiger partial charge in [0.15, 0.2) is 0 Å². The summed E-state index contributed by atoms with van der Waals surface area (Å²) in [6.07, 6.45) is 4.86. The molecule has 1 heterocycles. The van der Waals surface area contributed by atoms with Gasteiger partial charge in [-0.05, 0) is 42.9 Å². The van der Waals surface area contributed by atoms with E-state index in [1.807, 2.05) is 0 Å². The maximum atomic E-state index is 5.96. The van der Waals surface area contributed by atoms with Gasteiger partial charge in [-0.1, -0.05) is 12.2 Å². The monoisotopic (exact) mass is 188 g/mol. The quantitative estimate of drug-likeness (QED) is 0.530. The molecular formula is C13H16O. The Morgan fingerprint density at radius 2 is 2.36 bits per heavy atom. The summed E-state index contributed by atoms with van der Waals surface area (Å²) in [7, 11) is 0. The first kappa shape index (κ1) is 7.05. The minimum atomic E-state index is 0.613. The van der Waals surface area contributed by atoms with Gasteiger partial charge in [0.25, 0.3) is 0 Å². The smallest absolute Gasteiger partial charge is 0.0682 e. The molecule has 5 fully saturated rings. The lowest BCUT2D eigenvalue weighted by Gasteiger charge is -2.37. The van der Waals surface area contributed by atoms with Crippen LogP contribution in [0.4, 0.5) is 0 Å². The topological polar surface area (TPSA) is 9.23 Å². The summed E-state index contributed by atoms with van der Waals surface area (Å²) in [4.78, 5) is 0. The molecule has 0 N–H and O–H groups in total. The fourth-order valence-corrected chi connectivity index (χ4v) is 5.64. The number of ether oxygens (including phenoxy) is 1. The highest BCUT2D eigenvalue weighted by atomic mass is 16.5. The second-order valence-electron chi connectivity index (χ2n) is 6.10. The molecule has 0 aromatic carbocycles. The lowest BCUT2D eigenvalue weighted by molar-refractivity contribution is 0.0960. The molecule has 4 aliphatic carbocycles. The average molecular weight is 188 g/mol. The number of hydrogen-bond donors (Lipinski definition) is 0. The highest BCUT2D eigenvalue weighted by Gasteiger charge is 2.89. The van der Waals surface area contributed by atoms with Gasteiger partial charge in [0.1, 0.15) is 0 Å². The highest BCUT2D eigenvalue weighted by molar-refractivity contribution is 5.50. The third-order valence-corrected chi connectivity index (χ3v) is 6.09. The molecule has 2 bridgehead atoms. The molecule has 7 unspecified atom stereocenters. The summed E-state index contributed by atoms with van der Waals surface area (Å²) in [6.45, 7) is 5.44. The summed E-state index contributed by atoms with van der Waals surface area (Å²) in [5.74, 6) is 4.84. The molecule has 1 aliphatic heterocycles. The number of hydrogen-bond acceptors (Lipinski definition) is 1. The molecule has 1 nitrogen and oxygen atoms in total. The molecule has 5 aliphatic rings. The van der Waals surface area contributed by atoms with E-state index in [0.717, 1.165) is 36.2 Å². The van der Waals surface area contributed by atoms with E-state index in [-0.39, 0.29) is 0 Å². The molecule has 7 atom stereocenters. The van der Waals surface area contributed by atoms with Gasteiger partial charge < -0.3 is 4.74 Å². The molecule has 4 saturated carbocycles. The van der Waals surface area contributed by atoms with Crippen molar-refractivity contribution in [1.82, 2.24) is 0 Å². The number of fused-ring (bicyclic) bond motifs is 3. The fourth-order valence-electron chi connectivity index (χ4n) is 5.64. The lowest BCUT2D eigenvalue weighted by atomic mass is 9.66. The maximum Gasteiger partial charge on any atom is 0.0682 e. The van der Waals surface area contributed by atoms with E-state index in [4.69, 9.17) is 4.74 Å². The third-order valence-electron chi connectivity index (χ3n) is 6.09. The van der Waals surface area contributed by atoms with E-state index in [1.54, 1.807) is 5.57 Å². The minimum absolute atomic E-state index is 0.613. The van der Waals surface area contributed by atoms with E-state index < -0.39 is 0 Å². The predicted molar refractivity (Wildman–Crippen MR) is 52.6 cm³/mol. The van der Waals surface area contributed by atoms with Crippen molar-refractivity contribution in [2.24, 2.45) is 35.0 Å². The summed E-state index contributed by atoms with van der Waals surface area (Å²) < 4.78 is 5.96. The van der Waals surface area contributed by atoms with Crippen LogP contribution >= 0.6 is 0 Å². The van der Waals surface area contributed by atoms with Crippen molar-refractivity contribution in [2.45, 2.75) is 25.4 Å². The molecule has 1 heteroatoms. The van der Waals surface area contributed by atoms with Crippen LogP contribution in [0.3, 0.4) is 0 Å². The molecular weight excluding hydrogens is 172 g/mol. The molecule has 1 spiro atoms. The minimum Gasteiger partial charge on any atom is -0.377 e. The van der Waals surface area contributed by atoms with Crippen molar-refractivity contribution in [2.75, 3.05) is 6.61 Å². The van der Waals surface area contributed by atoms with E-state index >= 15 is 0 Å². The first-order valence-electron chi connectivity index (χ1n) is 6.17. The summed E-state index contributed by atoms with van der Waals surface area (Å²) in [5.41, 5.74) is 2.32. The zero-order chi connectivity index (χ0) is 9.08. The third kappa shape index (κ3) is 0.448. The summed E-state index contributed by atoms with van der Waals surface area (Å²) in [6, 6.07) is 0. The van der Waals surface area contributed by atoms with Gasteiger partial charge in [-0.25, -0.2) is 0 Å². The molecule has 0 aromatic rings. The Balaban J connectivity index is 1.67. The van der Waals surface area contributed by atoms with Crippen LogP contribution in [0.2, 0.25) is 0 Å². The van der Waals surface area contributed by atoms with Gasteiger partial charge in [0, 0.05) is 17.9 Å². The fraction of sp³-hybridized carbons (Fsp3) is 0.846. The first-order valence-corrected chi connectivity index (χ1v) is 6.17. The molecule has 0 aromatic heterocycles. The van der Waals surface area contributed by atoms with Crippen LogP contribution in [0.5, 0.6) is 0 Å². The second kappa shape index (κ2) is 1.73. The second-order valence-corrected chi connectivity index (χ2v) is 6.10. The largest absolute Gasteiger partial charge is 0.377 e. The van der Waals surface area contributed by atoms with Gasteiger partial charge in [-0.15, -0.1) is 0 Å². The Hall–Kier alpha value is -0.300. The molecule has 14 heavy (non-hydrogen) atoms. The normalized spacial score (nSPS) is 71.3. The zero-order valence-electron chi connectivity index (χ0n) is 8.41. The maximum absolute atomic E-state index is 5.96. The Kier molecular flexibility index (Phi) is 0.872. The highest BCUT2D eigenvalue weighted by Crippen LogP contribution is 2.91. The summed E-state index contributed by atoms with van der Waals surface area (Å²) >= 11 is 0. The van der Waals surface area contributed by atoms with E-state index in [2.05, 4.69) is 6.58 Å². The van der Waals surface area contributed by atoms with Crippen molar-refractivity contribution in [3.05, 3.63) is 12.2 Å². The Morgan fingerprint density at radius 3 is 3.21 bits per heavy atom. The lowest BCUT2D eigenvalue weighted by Crippen LogP contribution is -2.30. The van der Waals surface area contributed by atoms with Crippen LogP contribution in [0, 0.1) is 35.0 Å². The van der Waals surface area contributed by atoms with Crippen LogP contribution < -0.4 is 0 Å². The van der Waals surface area contributed by atoms with Crippen LogP contribution in [-0.2, 0) is 4.74 Å². The average Bonchev–Trinajstić information content (AvgIpc) is 2.94. The van der Waals surface area contributed by atoms with Gasteiger partial charge >= 0.3 is 0 Å². The van der Waals surface area contributed by atoms with Crippen molar-refractivity contribution in [3.63, 3.8) is 0 Å². The first-order chi connectivity index (χ1) is 6.87. The predicted octanol–water partition coefficient (Wildman–Crippen LogP) is 2.23.